The van der Waals surface area contributed by atoms with Gasteiger partial charge in [-0.3, -0.25) is 4.79 Å². The molecule has 3 aromatic carbocycles. The smallest absolute Gasteiger partial charge is 0.338 e. The van der Waals surface area contributed by atoms with Gasteiger partial charge >= 0.3 is 5.97 Å². The molecule has 0 aromatic heterocycles. The molecule has 3 aromatic rings. The molecule has 0 saturated heterocycles. The lowest BCUT2D eigenvalue weighted by atomic mass is 9.77. The van der Waals surface area contributed by atoms with Crippen molar-refractivity contribution in [3.05, 3.63) is 113 Å². The predicted octanol–water partition coefficient (Wildman–Crippen LogP) is 5.67. The van der Waals surface area contributed by atoms with E-state index in [9.17, 15) is 9.59 Å². The van der Waals surface area contributed by atoms with Gasteiger partial charge in [0.25, 0.3) is 5.91 Å². The molecule has 2 unspecified atom stereocenters. The number of fused-ring (bicyclic) bond motifs is 1. The van der Waals surface area contributed by atoms with Gasteiger partial charge in [-0.2, -0.15) is 5.10 Å². The number of esters is 1. The second-order valence-corrected chi connectivity index (χ2v) is 8.60. The molecular formula is C29H26N2O3. The van der Waals surface area contributed by atoms with E-state index in [1.165, 1.54) is 10.6 Å². The zero-order valence-corrected chi connectivity index (χ0v) is 18.8. The number of amides is 1. The normalized spacial score (nSPS) is 20.5. The molecule has 0 N–H and O–H groups in total. The third kappa shape index (κ3) is 4.55. The van der Waals surface area contributed by atoms with Crippen LogP contribution >= 0.6 is 0 Å². The number of hydrogen-bond acceptors (Lipinski definition) is 4. The highest BCUT2D eigenvalue weighted by Crippen LogP contribution is 2.44. The number of hydrazone groups is 1. The molecule has 1 fully saturated rings. The minimum Gasteiger partial charge on any atom is -0.452 e. The fraction of sp³-hybridized carbons (Fsp3) is 0.207. The number of nitrogens with zero attached hydrogens (tertiary/aromatic N) is 2. The molecular weight excluding hydrogens is 424 g/mol. The maximum atomic E-state index is 13.3. The topological polar surface area (TPSA) is 59.0 Å². The van der Waals surface area contributed by atoms with Crippen molar-refractivity contribution in [3.63, 3.8) is 0 Å². The number of rotatable bonds is 5. The molecule has 1 aliphatic carbocycles. The van der Waals surface area contributed by atoms with Gasteiger partial charge in [0.15, 0.2) is 6.61 Å². The summed E-state index contributed by atoms with van der Waals surface area (Å²) in [5.41, 5.74) is 4.71. The minimum absolute atomic E-state index is 0.111. The van der Waals surface area contributed by atoms with Gasteiger partial charge in [-0.25, -0.2) is 9.80 Å². The zero-order valence-electron chi connectivity index (χ0n) is 18.8. The van der Waals surface area contributed by atoms with Crippen LogP contribution in [0.25, 0.3) is 6.08 Å². The van der Waals surface area contributed by atoms with Crippen molar-refractivity contribution >= 4 is 23.7 Å². The first-order chi connectivity index (χ1) is 16.7. The Labute approximate surface area is 199 Å². The van der Waals surface area contributed by atoms with Crippen LogP contribution in [0.3, 0.4) is 0 Å². The third-order valence-corrected chi connectivity index (χ3v) is 6.37. The molecule has 0 radical (unpaired) electrons. The van der Waals surface area contributed by atoms with Crippen LogP contribution in [0.4, 0.5) is 0 Å². The van der Waals surface area contributed by atoms with Crippen molar-refractivity contribution in [2.75, 3.05) is 6.61 Å². The summed E-state index contributed by atoms with van der Waals surface area (Å²) in [4.78, 5) is 25.7. The minimum atomic E-state index is -0.515. The zero-order chi connectivity index (χ0) is 23.3. The lowest BCUT2D eigenvalue weighted by molar-refractivity contribution is -0.137. The van der Waals surface area contributed by atoms with Gasteiger partial charge in [-0.15, -0.1) is 0 Å². The van der Waals surface area contributed by atoms with E-state index in [4.69, 9.17) is 9.84 Å². The first-order valence-corrected chi connectivity index (χ1v) is 11.6. The number of ether oxygens (including phenoxy) is 1. The Morgan fingerprint density at radius 1 is 0.912 bits per heavy atom. The number of carbonyl (C=O) groups is 2. The highest BCUT2D eigenvalue weighted by atomic mass is 16.5. The van der Waals surface area contributed by atoms with Crippen LogP contribution in [0.5, 0.6) is 0 Å². The average molecular weight is 451 g/mol. The van der Waals surface area contributed by atoms with E-state index < -0.39 is 5.97 Å². The van der Waals surface area contributed by atoms with E-state index in [2.05, 4.69) is 18.2 Å². The van der Waals surface area contributed by atoms with E-state index in [0.29, 0.717) is 5.56 Å². The Bertz CT molecular complexity index is 1220. The van der Waals surface area contributed by atoms with Crippen molar-refractivity contribution in [3.8, 4) is 0 Å². The molecule has 1 aliphatic heterocycles. The second-order valence-electron chi connectivity index (χ2n) is 8.60. The summed E-state index contributed by atoms with van der Waals surface area (Å²) < 4.78 is 5.35. The number of benzene rings is 3. The molecule has 0 bridgehead atoms. The molecule has 0 spiro atoms. The maximum absolute atomic E-state index is 13.3. The molecule has 2 atom stereocenters. The van der Waals surface area contributed by atoms with Crippen molar-refractivity contribution in [2.24, 2.45) is 11.0 Å². The fourth-order valence-corrected chi connectivity index (χ4v) is 4.79. The van der Waals surface area contributed by atoms with Crippen molar-refractivity contribution in [1.82, 2.24) is 5.01 Å². The van der Waals surface area contributed by atoms with Crippen molar-refractivity contribution in [1.29, 1.82) is 0 Å². The van der Waals surface area contributed by atoms with E-state index in [1.807, 2.05) is 54.6 Å². The summed E-state index contributed by atoms with van der Waals surface area (Å²) >= 11 is 0. The molecule has 1 saturated carbocycles. The highest BCUT2D eigenvalue weighted by molar-refractivity contribution is 6.08. The van der Waals surface area contributed by atoms with E-state index in [1.54, 1.807) is 24.3 Å². The van der Waals surface area contributed by atoms with Gasteiger partial charge in [0.05, 0.1) is 17.3 Å². The summed E-state index contributed by atoms with van der Waals surface area (Å²) in [6.07, 6.45) is 5.10. The Morgan fingerprint density at radius 3 is 2.26 bits per heavy atom. The van der Waals surface area contributed by atoms with Crippen LogP contribution in [0, 0.1) is 5.92 Å². The summed E-state index contributed by atoms with van der Waals surface area (Å²) in [6.45, 7) is -0.349. The SMILES string of the molecule is O=C(OCC(=O)N1N=C2C(=Cc3ccccc3)CCCC2C1c1ccccc1)c1ccccc1. The van der Waals surface area contributed by atoms with Gasteiger partial charge in [-0.05, 0) is 54.2 Å². The number of carbonyl (C=O) groups excluding carboxylic acids is 2. The van der Waals surface area contributed by atoms with Gasteiger partial charge in [-0.1, -0.05) is 78.9 Å². The average Bonchev–Trinajstić information content (AvgIpc) is 3.29. The summed E-state index contributed by atoms with van der Waals surface area (Å²) in [7, 11) is 0. The summed E-state index contributed by atoms with van der Waals surface area (Å²) in [5, 5.41) is 6.38. The van der Waals surface area contributed by atoms with Gasteiger partial charge in [0.2, 0.25) is 0 Å². The first-order valence-electron chi connectivity index (χ1n) is 11.6. The monoisotopic (exact) mass is 450 g/mol. The second kappa shape index (κ2) is 9.87. The fourth-order valence-electron chi connectivity index (χ4n) is 4.79. The van der Waals surface area contributed by atoms with Gasteiger partial charge in [0, 0.05) is 5.92 Å². The molecule has 2 aliphatic rings. The van der Waals surface area contributed by atoms with E-state index >= 15 is 0 Å². The molecule has 5 heteroatoms. The van der Waals surface area contributed by atoms with Crippen LogP contribution in [0.1, 0.15) is 46.8 Å². The molecule has 1 amide bonds. The number of hydrogen-bond donors (Lipinski definition) is 0. The van der Waals surface area contributed by atoms with Gasteiger partial charge in [0.1, 0.15) is 0 Å². The Kier molecular flexibility index (Phi) is 6.34. The Hall–Kier alpha value is -3.99. The maximum Gasteiger partial charge on any atom is 0.338 e. The molecule has 34 heavy (non-hydrogen) atoms. The van der Waals surface area contributed by atoms with Crippen LogP contribution in [-0.4, -0.2) is 29.2 Å². The van der Waals surface area contributed by atoms with Crippen molar-refractivity contribution in [2.45, 2.75) is 25.3 Å². The Balaban J connectivity index is 1.43. The predicted molar refractivity (Wildman–Crippen MR) is 132 cm³/mol. The van der Waals surface area contributed by atoms with Crippen LogP contribution < -0.4 is 0 Å². The molecule has 170 valence electrons. The molecule has 1 heterocycles. The number of allylic oxidation sites excluding steroid dienone is 1. The molecule has 5 rings (SSSR count). The lowest BCUT2D eigenvalue weighted by Gasteiger charge is -2.29. The quantitative estimate of drug-likeness (QED) is 0.471. The lowest BCUT2D eigenvalue weighted by Crippen LogP contribution is -2.34. The standard InChI is InChI=1S/C29H26N2O3/c32-26(20-34-29(33)23-15-8-3-9-16-23)31-28(22-13-6-2-7-14-22)25-18-10-17-24(27(25)30-31)19-21-11-4-1-5-12-21/h1-9,11-16,19,25,28H,10,17-18,20H2. The summed E-state index contributed by atoms with van der Waals surface area (Å²) in [6, 6.07) is 28.7. The summed E-state index contributed by atoms with van der Waals surface area (Å²) in [5.74, 6) is -0.724. The Morgan fingerprint density at radius 2 is 1.56 bits per heavy atom. The highest BCUT2D eigenvalue weighted by Gasteiger charge is 2.43. The first kappa shape index (κ1) is 21.8. The van der Waals surface area contributed by atoms with E-state index in [0.717, 1.165) is 36.1 Å². The van der Waals surface area contributed by atoms with Crippen molar-refractivity contribution < 1.29 is 14.3 Å². The van der Waals surface area contributed by atoms with Crippen LogP contribution in [0.15, 0.2) is 102 Å². The molecule has 5 nitrogen and oxygen atoms in total. The van der Waals surface area contributed by atoms with Gasteiger partial charge < -0.3 is 4.74 Å². The largest absolute Gasteiger partial charge is 0.452 e. The van der Waals surface area contributed by atoms with Crippen LogP contribution in [-0.2, 0) is 9.53 Å². The van der Waals surface area contributed by atoms with Crippen LogP contribution in [0.2, 0.25) is 0 Å². The third-order valence-electron chi connectivity index (χ3n) is 6.37. The van der Waals surface area contributed by atoms with E-state index in [-0.39, 0.29) is 24.5 Å².